The van der Waals surface area contributed by atoms with Crippen LogP contribution in [0.2, 0.25) is 0 Å². The highest BCUT2D eigenvalue weighted by molar-refractivity contribution is 5.87. The molecule has 0 bridgehead atoms. The summed E-state index contributed by atoms with van der Waals surface area (Å²) in [6.07, 6.45) is 8.78. The lowest BCUT2D eigenvalue weighted by atomic mass is 9.91. The van der Waals surface area contributed by atoms with Crippen molar-refractivity contribution in [2.75, 3.05) is 5.32 Å². The molecule has 0 unspecified atom stereocenters. The van der Waals surface area contributed by atoms with Gasteiger partial charge in [0.1, 0.15) is 11.8 Å². The van der Waals surface area contributed by atoms with E-state index in [4.69, 9.17) is 0 Å². The zero-order chi connectivity index (χ0) is 21.4. The molecule has 8 heteroatoms. The third-order valence-corrected chi connectivity index (χ3v) is 6.25. The molecule has 1 aliphatic rings. The second-order valence-electron chi connectivity index (χ2n) is 8.19. The maximum atomic E-state index is 12.5. The average molecular weight is 416 g/mol. The fraction of sp³-hybridized carbons (Fsp3) is 0.348. The molecule has 1 saturated carbocycles. The first kappa shape index (κ1) is 19.4. The Morgan fingerprint density at radius 3 is 2.58 bits per heavy atom. The smallest absolute Gasteiger partial charge is 0.267 e. The summed E-state index contributed by atoms with van der Waals surface area (Å²) in [5.41, 5.74) is 4.85. The molecule has 0 saturated heterocycles. The molecule has 0 amide bonds. The van der Waals surface area contributed by atoms with Crippen LogP contribution in [0, 0.1) is 6.92 Å². The first-order valence-electron chi connectivity index (χ1n) is 10.6. The lowest BCUT2D eigenvalue weighted by molar-refractivity contribution is 0.304. The van der Waals surface area contributed by atoms with E-state index in [9.17, 15) is 4.79 Å². The normalized spacial score (nSPS) is 18.9. The number of pyridine rings is 1. The highest BCUT2D eigenvalue weighted by Crippen LogP contribution is 2.31. The van der Waals surface area contributed by atoms with Crippen molar-refractivity contribution in [2.45, 2.75) is 44.7 Å². The van der Waals surface area contributed by atoms with Crippen molar-refractivity contribution in [1.29, 1.82) is 0 Å². The number of hydrogen-bond acceptors (Lipinski definition) is 6. The van der Waals surface area contributed by atoms with Crippen molar-refractivity contribution < 1.29 is 0 Å². The molecule has 1 N–H and O–H groups in total. The van der Waals surface area contributed by atoms with Gasteiger partial charge < -0.3 is 9.88 Å². The Kier molecular flexibility index (Phi) is 4.97. The Morgan fingerprint density at radius 1 is 1.03 bits per heavy atom. The van der Waals surface area contributed by atoms with Gasteiger partial charge in [0.25, 0.3) is 5.56 Å². The number of aromatic nitrogens is 6. The Morgan fingerprint density at radius 2 is 1.81 bits per heavy atom. The van der Waals surface area contributed by atoms with Crippen molar-refractivity contribution in [3.63, 3.8) is 0 Å². The minimum atomic E-state index is -0.0500. The van der Waals surface area contributed by atoms with Crippen molar-refractivity contribution in [1.82, 2.24) is 29.3 Å². The van der Waals surface area contributed by atoms with Crippen LogP contribution in [0.4, 0.5) is 5.82 Å². The zero-order valence-electron chi connectivity index (χ0n) is 17.7. The van der Waals surface area contributed by atoms with Gasteiger partial charge in [-0.3, -0.25) is 9.78 Å². The molecule has 4 heterocycles. The predicted molar refractivity (Wildman–Crippen MR) is 120 cm³/mol. The molecular weight excluding hydrogens is 390 g/mol. The maximum absolute atomic E-state index is 12.5. The van der Waals surface area contributed by atoms with Gasteiger partial charge in [-0.25, -0.2) is 14.6 Å². The standard InChI is InChI=1S/C23H25N7O/c1-15-13-20-22(29(15)2)23(26-14-25-20)27-17-3-5-18(6-4-17)30-21(31)8-7-19(28-30)16-9-11-24-12-10-16/h7-14,17-18H,3-6H2,1-2H3,(H,25,26,27). The predicted octanol–water partition coefficient (Wildman–Crippen LogP) is 3.49. The molecule has 0 atom stereocenters. The summed E-state index contributed by atoms with van der Waals surface area (Å²) < 4.78 is 3.78. The van der Waals surface area contributed by atoms with Crippen LogP contribution in [-0.2, 0) is 7.05 Å². The average Bonchev–Trinajstić information content (AvgIpc) is 3.10. The lowest BCUT2D eigenvalue weighted by Crippen LogP contribution is -2.33. The number of hydrogen-bond donors (Lipinski definition) is 1. The fourth-order valence-electron chi connectivity index (χ4n) is 4.43. The van der Waals surface area contributed by atoms with E-state index in [0.717, 1.165) is 59.5 Å². The summed E-state index contributed by atoms with van der Waals surface area (Å²) in [7, 11) is 2.04. The molecule has 5 rings (SSSR count). The van der Waals surface area contributed by atoms with Crippen molar-refractivity contribution in [3.05, 3.63) is 65.1 Å². The first-order valence-corrected chi connectivity index (χ1v) is 10.6. The SMILES string of the molecule is Cc1cc2ncnc(NC3CCC(n4nc(-c5ccncc5)ccc4=O)CC3)c2n1C. The van der Waals surface area contributed by atoms with Crippen molar-refractivity contribution in [3.8, 4) is 11.3 Å². The number of anilines is 1. The van der Waals surface area contributed by atoms with E-state index in [2.05, 4.69) is 42.9 Å². The lowest BCUT2D eigenvalue weighted by Gasteiger charge is -2.30. The number of aryl methyl sites for hydroxylation is 2. The molecule has 4 aromatic heterocycles. The van der Waals surface area contributed by atoms with Crippen molar-refractivity contribution in [2.24, 2.45) is 7.05 Å². The summed E-state index contributed by atoms with van der Waals surface area (Å²) in [6.45, 7) is 2.07. The van der Waals surface area contributed by atoms with Crippen LogP contribution in [-0.4, -0.2) is 35.3 Å². The summed E-state index contributed by atoms with van der Waals surface area (Å²) in [5, 5.41) is 8.28. The van der Waals surface area contributed by atoms with Crippen LogP contribution < -0.4 is 10.9 Å². The number of fused-ring (bicyclic) bond motifs is 1. The molecule has 4 aromatic rings. The topological polar surface area (TPSA) is 90.5 Å². The van der Waals surface area contributed by atoms with Gasteiger partial charge in [0.2, 0.25) is 0 Å². The first-order chi connectivity index (χ1) is 15.1. The molecule has 1 fully saturated rings. The molecule has 0 radical (unpaired) electrons. The van der Waals surface area contributed by atoms with Gasteiger partial charge in [-0.15, -0.1) is 0 Å². The molecule has 1 aliphatic carbocycles. The van der Waals surface area contributed by atoms with Crippen LogP contribution in [0.5, 0.6) is 0 Å². The van der Waals surface area contributed by atoms with Crippen LogP contribution in [0.25, 0.3) is 22.3 Å². The van der Waals surface area contributed by atoms with Crippen LogP contribution in [0.3, 0.4) is 0 Å². The monoisotopic (exact) mass is 415 g/mol. The largest absolute Gasteiger partial charge is 0.365 e. The highest BCUT2D eigenvalue weighted by Gasteiger charge is 2.25. The molecule has 158 valence electrons. The number of nitrogens with one attached hydrogen (secondary N) is 1. The summed E-state index contributed by atoms with van der Waals surface area (Å²) in [5.74, 6) is 0.874. The van der Waals surface area contributed by atoms with E-state index < -0.39 is 0 Å². The summed E-state index contributed by atoms with van der Waals surface area (Å²) in [4.78, 5) is 25.5. The zero-order valence-corrected chi connectivity index (χ0v) is 17.7. The second kappa shape index (κ2) is 7.94. The molecular formula is C23H25N7O. The fourth-order valence-corrected chi connectivity index (χ4v) is 4.43. The minimum Gasteiger partial charge on any atom is -0.365 e. The summed E-state index contributed by atoms with van der Waals surface area (Å²) >= 11 is 0. The molecule has 0 spiro atoms. The van der Waals surface area contributed by atoms with Gasteiger partial charge in [-0.05, 0) is 56.9 Å². The van der Waals surface area contributed by atoms with E-state index in [-0.39, 0.29) is 11.6 Å². The highest BCUT2D eigenvalue weighted by atomic mass is 16.1. The van der Waals surface area contributed by atoms with Crippen LogP contribution in [0.1, 0.15) is 37.4 Å². The Hall–Kier alpha value is -3.55. The Labute approximate surface area is 180 Å². The van der Waals surface area contributed by atoms with E-state index >= 15 is 0 Å². The number of rotatable bonds is 4. The van der Waals surface area contributed by atoms with E-state index in [1.54, 1.807) is 35.5 Å². The Balaban J connectivity index is 1.32. The number of nitrogens with zero attached hydrogens (tertiary/aromatic N) is 6. The van der Waals surface area contributed by atoms with E-state index in [1.807, 2.05) is 19.2 Å². The van der Waals surface area contributed by atoms with Gasteiger partial charge in [0.05, 0.1) is 17.3 Å². The van der Waals surface area contributed by atoms with Crippen molar-refractivity contribution >= 4 is 16.9 Å². The van der Waals surface area contributed by atoms with Gasteiger partial charge >= 0.3 is 0 Å². The third kappa shape index (κ3) is 3.69. The van der Waals surface area contributed by atoms with Gasteiger partial charge in [-0.2, -0.15) is 5.10 Å². The van der Waals surface area contributed by atoms with Crippen LogP contribution in [0.15, 0.2) is 53.8 Å². The summed E-state index contributed by atoms with van der Waals surface area (Å²) in [6, 6.07) is 9.70. The quantitative estimate of drug-likeness (QED) is 0.549. The van der Waals surface area contributed by atoms with E-state index in [0.29, 0.717) is 6.04 Å². The third-order valence-electron chi connectivity index (χ3n) is 6.25. The second-order valence-corrected chi connectivity index (χ2v) is 8.19. The van der Waals surface area contributed by atoms with Crippen LogP contribution >= 0.6 is 0 Å². The molecule has 31 heavy (non-hydrogen) atoms. The Bertz CT molecular complexity index is 1270. The van der Waals surface area contributed by atoms with Gasteiger partial charge in [0, 0.05) is 42.8 Å². The molecule has 0 aliphatic heterocycles. The van der Waals surface area contributed by atoms with Gasteiger partial charge in [-0.1, -0.05) is 0 Å². The molecule has 0 aromatic carbocycles. The maximum Gasteiger partial charge on any atom is 0.267 e. The van der Waals surface area contributed by atoms with Gasteiger partial charge in [0.15, 0.2) is 5.82 Å². The van der Waals surface area contributed by atoms with E-state index in [1.165, 1.54) is 0 Å². The molecule has 8 nitrogen and oxygen atoms in total. The minimum absolute atomic E-state index is 0.0500.